The number of aromatic nitrogens is 1. The molecule has 0 saturated carbocycles. The van der Waals surface area contributed by atoms with Crippen molar-refractivity contribution >= 4 is 40.0 Å². The van der Waals surface area contributed by atoms with E-state index >= 15 is 0 Å². The molecule has 0 aliphatic rings. The number of rotatable bonds is 4. The third-order valence-electron chi connectivity index (χ3n) is 5.20. The molecule has 7 heteroatoms. The Morgan fingerprint density at radius 1 is 1.03 bits per heavy atom. The van der Waals surface area contributed by atoms with Gasteiger partial charge in [-0.05, 0) is 65.7 Å². The molecular weight excluding hydrogens is 434 g/mol. The van der Waals surface area contributed by atoms with Gasteiger partial charge in [-0.2, -0.15) is 0 Å². The number of methoxy groups -OCH3 is 1. The van der Waals surface area contributed by atoms with Crippen molar-refractivity contribution in [3.8, 4) is 17.2 Å². The van der Waals surface area contributed by atoms with E-state index in [0.29, 0.717) is 34.0 Å². The Morgan fingerprint density at radius 2 is 1.79 bits per heavy atom. The Kier molecular flexibility index (Phi) is 6.16. The van der Waals surface area contributed by atoms with Crippen LogP contribution in [0.2, 0.25) is 0 Å². The lowest BCUT2D eigenvalue weighted by molar-refractivity contribution is 0.0977. The van der Waals surface area contributed by atoms with Crippen molar-refractivity contribution in [2.45, 2.75) is 26.2 Å². The molecule has 4 rings (SSSR count). The van der Waals surface area contributed by atoms with E-state index in [1.165, 1.54) is 0 Å². The van der Waals surface area contributed by atoms with Crippen LogP contribution in [0.5, 0.6) is 5.75 Å². The highest BCUT2D eigenvalue weighted by Gasteiger charge is 2.15. The van der Waals surface area contributed by atoms with Gasteiger partial charge in [-0.15, -0.1) is 0 Å². The summed E-state index contributed by atoms with van der Waals surface area (Å²) in [6, 6.07) is 20.5. The van der Waals surface area contributed by atoms with Crippen LogP contribution in [0.1, 0.15) is 36.7 Å². The monoisotopic (exact) mass is 459 g/mol. The van der Waals surface area contributed by atoms with Crippen molar-refractivity contribution in [1.82, 2.24) is 10.3 Å². The number of carbonyl (C=O) groups is 1. The number of benzene rings is 3. The van der Waals surface area contributed by atoms with Crippen molar-refractivity contribution in [3.63, 3.8) is 0 Å². The molecule has 0 aliphatic carbocycles. The molecule has 0 spiro atoms. The summed E-state index contributed by atoms with van der Waals surface area (Å²) in [5.74, 6) is 0.930. The summed E-state index contributed by atoms with van der Waals surface area (Å²) in [5, 5.41) is 5.98. The Bertz CT molecular complexity index is 1320. The number of hydrogen-bond donors (Lipinski definition) is 2. The first-order valence-corrected chi connectivity index (χ1v) is 10.9. The molecule has 0 aliphatic heterocycles. The minimum atomic E-state index is -0.267. The maximum Gasteiger partial charge on any atom is 0.257 e. The Morgan fingerprint density at radius 3 is 2.48 bits per heavy atom. The van der Waals surface area contributed by atoms with E-state index < -0.39 is 0 Å². The van der Waals surface area contributed by atoms with Crippen LogP contribution in [-0.2, 0) is 5.41 Å². The number of nitrogens with zero attached hydrogens (tertiary/aromatic N) is 1. The molecule has 2 N–H and O–H groups in total. The summed E-state index contributed by atoms with van der Waals surface area (Å²) in [5.41, 5.74) is 4.60. The topological polar surface area (TPSA) is 76.4 Å². The lowest BCUT2D eigenvalue weighted by atomic mass is 9.87. The summed E-state index contributed by atoms with van der Waals surface area (Å²) in [7, 11) is 1.61. The molecule has 0 fully saturated rings. The Labute approximate surface area is 198 Å². The van der Waals surface area contributed by atoms with E-state index in [-0.39, 0.29) is 16.4 Å². The lowest BCUT2D eigenvalue weighted by Gasteiger charge is -2.19. The van der Waals surface area contributed by atoms with Crippen molar-refractivity contribution in [1.29, 1.82) is 0 Å². The van der Waals surface area contributed by atoms with Crippen molar-refractivity contribution in [3.05, 3.63) is 77.9 Å². The first kappa shape index (κ1) is 22.5. The number of hydrogen-bond acceptors (Lipinski definition) is 5. The van der Waals surface area contributed by atoms with Crippen LogP contribution < -0.4 is 15.4 Å². The van der Waals surface area contributed by atoms with Gasteiger partial charge in [0.05, 0.1) is 7.11 Å². The number of carbonyl (C=O) groups excluding carboxylic acids is 1. The summed E-state index contributed by atoms with van der Waals surface area (Å²) in [4.78, 5) is 17.1. The summed E-state index contributed by atoms with van der Waals surface area (Å²) in [6.45, 7) is 6.40. The molecule has 0 atom stereocenters. The van der Waals surface area contributed by atoms with E-state index in [0.717, 1.165) is 11.1 Å². The average Bonchev–Trinajstić information content (AvgIpc) is 3.22. The molecule has 1 heterocycles. The number of nitrogens with one attached hydrogen (secondary N) is 2. The summed E-state index contributed by atoms with van der Waals surface area (Å²) >= 11 is 5.34. The van der Waals surface area contributed by atoms with Gasteiger partial charge in [0, 0.05) is 22.9 Å². The Balaban J connectivity index is 1.45. The molecule has 1 amide bonds. The van der Waals surface area contributed by atoms with Crippen molar-refractivity contribution < 1.29 is 13.9 Å². The van der Waals surface area contributed by atoms with E-state index in [1.807, 2.05) is 54.6 Å². The quantitative estimate of drug-likeness (QED) is 0.369. The number of anilines is 1. The smallest absolute Gasteiger partial charge is 0.257 e. The van der Waals surface area contributed by atoms with Gasteiger partial charge >= 0.3 is 0 Å². The second-order valence-corrected chi connectivity index (χ2v) is 9.08. The van der Waals surface area contributed by atoms with Crippen LogP contribution in [0.25, 0.3) is 22.6 Å². The summed E-state index contributed by atoms with van der Waals surface area (Å²) < 4.78 is 11.1. The first-order valence-electron chi connectivity index (χ1n) is 10.5. The number of oxazole rings is 1. The molecule has 1 aromatic heterocycles. The van der Waals surface area contributed by atoms with Gasteiger partial charge in [0.2, 0.25) is 5.89 Å². The SMILES string of the molecule is COc1ccc2oc(-c3cccc(NC(=S)NC(=O)c4ccc(C(C)(C)C)cc4)c3)nc2c1. The minimum Gasteiger partial charge on any atom is -0.497 e. The van der Waals surface area contributed by atoms with Crippen LogP contribution in [0.4, 0.5) is 5.69 Å². The zero-order valence-electron chi connectivity index (χ0n) is 18.9. The second kappa shape index (κ2) is 9.03. The van der Waals surface area contributed by atoms with Crippen LogP contribution in [0, 0.1) is 0 Å². The fourth-order valence-corrected chi connectivity index (χ4v) is 3.56. The van der Waals surface area contributed by atoms with E-state index in [4.69, 9.17) is 21.4 Å². The first-order chi connectivity index (χ1) is 15.7. The highest BCUT2D eigenvalue weighted by molar-refractivity contribution is 7.80. The number of ether oxygens (including phenoxy) is 1. The fraction of sp³-hybridized carbons (Fsp3) is 0.192. The highest BCUT2D eigenvalue weighted by Crippen LogP contribution is 2.28. The highest BCUT2D eigenvalue weighted by atomic mass is 32.1. The largest absolute Gasteiger partial charge is 0.497 e. The number of fused-ring (bicyclic) bond motifs is 1. The fourth-order valence-electron chi connectivity index (χ4n) is 3.35. The third-order valence-corrected chi connectivity index (χ3v) is 5.41. The van der Waals surface area contributed by atoms with Crippen molar-refractivity contribution in [2.24, 2.45) is 0 Å². The van der Waals surface area contributed by atoms with Gasteiger partial charge < -0.3 is 14.5 Å². The number of thiocarbonyl (C=S) groups is 1. The van der Waals surface area contributed by atoms with Crippen LogP contribution in [0.15, 0.2) is 71.1 Å². The maximum atomic E-state index is 12.6. The molecule has 0 bridgehead atoms. The zero-order chi connectivity index (χ0) is 23.6. The van der Waals surface area contributed by atoms with Gasteiger partial charge in [0.15, 0.2) is 10.7 Å². The normalized spacial score (nSPS) is 11.3. The molecule has 6 nitrogen and oxygen atoms in total. The van der Waals surface area contributed by atoms with Gasteiger partial charge in [-0.3, -0.25) is 10.1 Å². The number of amides is 1. The van der Waals surface area contributed by atoms with E-state index in [9.17, 15) is 4.79 Å². The van der Waals surface area contributed by atoms with Gasteiger partial charge in [-0.1, -0.05) is 39.0 Å². The molecule has 3 aromatic carbocycles. The van der Waals surface area contributed by atoms with Crippen LogP contribution in [0.3, 0.4) is 0 Å². The second-order valence-electron chi connectivity index (χ2n) is 8.67. The Hall–Kier alpha value is -3.71. The molecule has 0 unspecified atom stereocenters. The van der Waals surface area contributed by atoms with Crippen molar-refractivity contribution in [2.75, 3.05) is 12.4 Å². The summed E-state index contributed by atoms with van der Waals surface area (Å²) in [6.07, 6.45) is 0. The molecule has 0 saturated heterocycles. The van der Waals surface area contributed by atoms with Gasteiger partial charge in [-0.25, -0.2) is 4.98 Å². The lowest BCUT2D eigenvalue weighted by Crippen LogP contribution is -2.34. The standard InChI is InChI=1S/C26H25N3O3S/c1-26(2,3)18-10-8-16(9-11-18)23(30)29-25(33)27-19-7-5-6-17(14-19)24-28-21-15-20(31-4)12-13-22(21)32-24/h5-15H,1-4H3,(H2,27,29,30,33). The van der Waals surface area contributed by atoms with Crippen LogP contribution in [-0.4, -0.2) is 23.1 Å². The molecule has 0 radical (unpaired) electrons. The maximum absolute atomic E-state index is 12.6. The van der Waals surface area contributed by atoms with E-state index in [1.54, 1.807) is 19.2 Å². The third kappa shape index (κ3) is 5.21. The van der Waals surface area contributed by atoms with Gasteiger partial charge in [0.25, 0.3) is 5.91 Å². The predicted molar refractivity (Wildman–Crippen MR) is 135 cm³/mol. The van der Waals surface area contributed by atoms with E-state index in [2.05, 4.69) is 36.4 Å². The zero-order valence-corrected chi connectivity index (χ0v) is 19.7. The molecule has 4 aromatic rings. The van der Waals surface area contributed by atoms with Gasteiger partial charge in [0.1, 0.15) is 11.3 Å². The van der Waals surface area contributed by atoms with Crippen LogP contribution >= 0.6 is 12.2 Å². The molecular formula is C26H25N3O3S. The average molecular weight is 460 g/mol. The molecule has 33 heavy (non-hydrogen) atoms. The predicted octanol–water partition coefficient (Wildman–Crippen LogP) is 5.93. The molecule has 168 valence electrons. The minimum absolute atomic E-state index is 0.0254.